The van der Waals surface area contributed by atoms with E-state index in [4.69, 9.17) is 28.4 Å². The van der Waals surface area contributed by atoms with Crippen molar-refractivity contribution < 1.29 is 47.6 Å². The van der Waals surface area contributed by atoms with Gasteiger partial charge in [-0.3, -0.25) is 24.1 Å². The monoisotopic (exact) mass is 655 g/mol. The number of anilines is 2. The lowest BCUT2D eigenvalue weighted by atomic mass is 9.65. The van der Waals surface area contributed by atoms with Gasteiger partial charge in [0.15, 0.2) is 23.0 Å². The molecule has 0 bridgehead atoms. The fraction of sp³-hybridized carbons (Fsp3) is 0.314. The second-order valence-corrected chi connectivity index (χ2v) is 11.7. The van der Waals surface area contributed by atoms with Crippen molar-refractivity contribution in [2.75, 3.05) is 51.9 Å². The largest absolute Gasteiger partial charge is 0.493 e. The van der Waals surface area contributed by atoms with Crippen LogP contribution in [0.15, 0.2) is 60.7 Å². The minimum atomic E-state index is -0.540. The number of fused-ring (bicyclic) bond motifs is 3. The molecular formula is C35H33N3O10. The van der Waals surface area contributed by atoms with Crippen molar-refractivity contribution in [3.63, 3.8) is 0 Å². The number of hydrogen-bond acceptors (Lipinski definition) is 11. The predicted octanol–water partition coefficient (Wildman–Crippen LogP) is 3.78. The Morgan fingerprint density at radius 1 is 0.833 bits per heavy atom. The second kappa shape index (κ2) is 12.5. The van der Waals surface area contributed by atoms with Crippen LogP contribution >= 0.6 is 0 Å². The zero-order valence-electron chi connectivity index (χ0n) is 26.4. The van der Waals surface area contributed by atoms with Gasteiger partial charge in [-0.25, -0.2) is 0 Å². The molecule has 0 spiro atoms. The van der Waals surface area contributed by atoms with Crippen LogP contribution in [0.3, 0.4) is 0 Å². The van der Waals surface area contributed by atoms with Gasteiger partial charge in [0.1, 0.15) is 0 Å². The van der Waals surface area contributed by atoms with Gasteiger partial charge in [0.25, 0.3) is 11.8 Å². The lowest BCUT2D eigenvalue weighted by Gasteiger charge is -2.40. The Bertz CT molecular complexity index is 1800. The Hall–Kier alpha value is -5.72. The van der Waals surface area contributed by atoms with Crippen molar-refractivity contribution in [3.05, 3.63) is 77.4 Å². The lowest BCUT2D eigenvalue weighted by molar-refractivity contribution is -0.142. The summed E-state index contributed by atoms with van der Waals surface area (Å²) >= 11 is 0. The van der Waals surface area contributed by atoms with Crippen LogP contribution in [0.1, 0.15) is 35.1 Å². The first-order chi connectivity index (χ1) is 23.3. The molecule has 3 heterocycles. The number of methoxy groups -OCH3 is 3. The van der Waals surface area contributed by atoms with Gasteiger partial charge in [-0.1, -0.05) is 0 Å². The Morgan fingerprint density at radius 3 is 2.08 bits per heavy atom. The summed E-state index contributed by atoms with van der Waals surface area (Å²) in [4.78, 5) is 50.6. The smallest absolute Gasteiger partial charge is 0.310 e. The highest BCUT2D eigenvalue weighted by molar-refractivity contribution is 6.13. The molecule has 0 saturated carbocycles. The molecule has 13 nitrogen and oxygen atoms in total. The molecule has 4 aliphatic rings. The maximum absolute atomic E-state index is 13.5. The molecule has 1 fully saturated rings. The molecule has 0 unspecified atom stereocenters. The van der Waals surface area contributed by atoms with Crippen molar-refractivity contribution >= 4 is 35.1 Å². The predicted molar refractivity (Wildman–Crippen MR) is 170 cm³/mol. The van der Waals surface area contributed by atoms with Crippen LogP contribution in [0.2, 0.25) is 0 Å². The molecule has 3 amide bonds. The van der Waals surface area contributed by atoms with Crippen LogP contribution < -0.4 is 34.3 Å². The Morgan fingerprint density at radius 2 is 1.46 bits per heavy atom. The summed E-state index contributed by atoms with van der Waals surface area (Å²) in [6, 6.07) is 14.4. The Labute approximate surface area is 275 Å². The maximum atomic E-state index is 13.5. The van der Waals surface area contributed by atoms with E-state index in [0.717, 1.165) is 27.3 Å². The fourth-order valence-electron chi connectivity index (χ4n) is 6.95. The molecule has 1 aliphatic carbocycles. The van der Waals surface area contributed by atoms with Crippen LogP contribution in [-0.2, 0) is 23.9 Å². The molecule has 3 aromatic carbocycles. The minimum Gasteiger partial charge on any atom is -0.493 e. The molecule has 3 aromatic rings. The van der Waals surface area contributed by atoms with E-state index in [2.05, 4.69) is 10.6 Å². The first-order valence-corrected chi connectivity index (χ1v) is 15.4. The third-order valence-electron chi connectivity index (χ3n) is 9.19. The molecule has 3 aliphatic heterocycles. The number of cyclic esters (lactones) is 1. The molecule has 0 radical (unpaired) electrons. The lowest BCUT2D eigenvalue weighted by Crippen LogP contribution is -2.37. The average molecular weight is 656 g/mol. The molecule has 2 N–H and O–H groups in total. The van der Waals surface area contributed by atoms with E-state index in [1.165, 1.54) is 19.3 Å². The van der Waals surface area contributed by atoms with E-state index in [1.54, 1.807) is 26.4 Å². The summed E-state index contributed by atoms with van der Waals surface area (Å²) in [7, 11) is 4.64. The number of amides is 3. The van der Waals surface area contributed by atoms with Gasteiger partial charge in [0.2, 0.25) is 18.4 Å². The molecule has 1 saturated heterocycles. The van der Waals surface area contributed by atoms with Crippen molar-refractivity contribution in [2.24, 2.45) is 11.8 Å². The summed E-state index contributed by atoms with van der Waals surface area (Å²) in [5.74, 6) is -0.109. The molecular weight excluding hydrogens is 622 g/mol. The SMILES string of the molecule is COc1cc([C@@H]2c3cc4c(cc3[C@@H](Nc3ccc(NC(=O)CCN5C(=O)C=CC5=O)cc3)[C@H]3COC(=O)[C@H]23)OCO4)cc(OC)c1OC. The molecule has 4 atom stereocenters. The quantitative estimate of drug-likeness (QED) is 0.243. The third-order valence-corrected chi connectivity index (χ3v) is 9.19. The molecule has 7 rings (SSSR count). The highest BCUT2D eigenvalue weighted by atomic mass is 16.7. The highest BCUT2D eigenvalue weighted by Crippen LogP contribution is 2.56. The van der Waals surface area contributed by atoms with Crippen molar-refractivity contribution in [1.29, 1.82) is 0 Å². The maximum Gasteiger partial charge on any atom is 0.310 e. The number of carbonyl (C=O) groups is 4. The number of imide groups is 1. The van der Waals surface area contributed by atoms with Gasteiger partial charge in [-0.2, -0.15) is 0 Å². The second-order valence-electron chi connectivity index (χ2n) is 11.7. The van der Waals surface area contributed by atoms with Crippen LogP contribution in [0.25, 0.3) is 0 Å². The zero-order chi connectivity index (χ0) is 33.5. The number of nitrogens with zero attached hydrogens (tertiary/aromatic N) is 1. The minimum absolute atomic E-state index is 0.00386. The van der Waals surface area contributed by atoms with Crippen LogP contribution in [-0.4, -0.2) is 69.9 Å². The van der Waals surface area contributed by atoms with E-state index < -0.39 is 23.7 Å². The summed E-state index contributed by atoms with van der Waals surface area (Å²) in [5, 5.41) is 6.41. The zero-order valence-corrected chi connectivity index (χ0v) is 26.4. The van der Waals surface area contributed by atoms with E-state index in [1.807, 2.05) is 36.4 Å². The van der Waals surface area contributed by atoms with Crippen molar-refractivity contribution in [3.8, 4) is 28.7 Å². The third kappa shape index (κ3) is 5.40. The number of rotatable bonds is 10. The molecule has 48 heavy (non-hydrogen) atoms. The normalized spacial score (nSPS) is 21.8. The van der Waals surface area contributed by atoms with E-state index in [0.29, 0.717) is 34.4 Å². The summed E-state index contributed by atoms with van der Waals surface area (Å²) in [6.07, 6.45) is 2.35. The van der Waals surface area contributed by atoms with E-state index in [-0.39, 0.29) is 50.2 Å². The van der Waals surface area contributed by atoms with Crippen molar-refractivity contribution in [1.82, 2.24) is 4.90 Å². The van der Waals surface area contributed by atoms with Gasteiger partial charge in [0.05, 0.1) is 39.9 Å². The van der Waals surface area contributed by atoms with Crippen molar-refractivity contribution in [2.45, 2.75) is 18.4 Å². The van der Waals surface area contributed by atoms with Crippen LogP contribution in [0, 0.1) is 11.8 Å². The van der Waals surface area contributed by atoms with E-state index in [9.17, 15) is 19.2 Å². The topological polar surface area (TPSA) is 151 Å². The van der Waals surface area contributed by atoms with Gasteiger partial charge in [-0.15, -0.1) is 0 Å². The van der Waals surface area contributed by atoms with Crippen LogP contribution in [0.4, 0.5) is 11.4 Å². The Kier molecular flexibility index (Phi) is 8.03. The average Bonchev–Trinajstić information content (AvgIpc) is 3.81. The summed E-state index contributed by atoms with van der Waals surface area (Å²) in [5.41, 5.74) is 3.91. The van der Waals surface area contributed by atoms with Gasteiger partial charge in [-0.05, 0) is 65.2 Å². The van der Waals surface area contributed by atoms with Gasteiger partial charge in [0, 0.05) is 48.3 Å². The number of benzene rings is 3. The summed E-state index contributed by atoms with van der Waals surface area (Å²) < 4.78 is 34.1. The number of esters is 1. The molecule has 0 aromatic heterocycles. The Balaban J connectivity index is 1.18. The first kappa shape index (κ1) is 30.9. The fourth-order valence-corrected chi connectivity index (χ4v) is 6.95. The number of carbonyl (C=O) groups excluding carboxylic acids is 4. The standard InChI is InChI=1S/C35H33N3O10/c1-43-26-12-18(13-27(44-2)34(26)45-3)31-21-14-24-25(48-17-47-24)15-22(21)33(23-16-46-35(42)32(23)31)37-20-6-4-19(5-7-20)36-28(39)10-11-38-29(40)8-9-30(38)41/h4-9,12-15,23,31-33,37H,10-11,16-17H2,1-3H3,(H,36,39)/t23-,31+,32-,33+/m0/s1. The first-order valence-electron chi connectivity index (χ1n) is 15.4. The van der Waals surface area contributed by atoms with E-state index >= 15 is 0 Å². The van der Waals surface area contributed by atoms with Crippen LogP contribution in [0.5, 0.6) is 28.7 Å². The van der Waals surface area contributed by atoms with Gasteiger partial charge >= 0.3 is 5.97 Å². The number of nitrogens with one attached hydrogen (secondary N) is 2. The molecule has 13 heteroatoms. The van der Waals surface area contributed by atoms with Gasteiger partial charge < -0.3 is 39.1 Å². The molecule has 248 valence electrons. The summed E-state index contributed by atoms with van der Waals surface area (Å²) in [6.45, 7) is 0.298. The highest BCUT2D eigenvalue weighted by Gasteiger charge is 2.52. The number of hydrogen-bond donors (Lipinski definition) is 2. The number of ether oxygens (including phenoxy) is 6.